The van der Waals surface area contributed by atoms with E-state index >= 15 is 0 Å². The van der Waals surface area contributed by atoms with E-state index in [9.17, 15) is 13.5 Å². The van der Waals surface area contributed by atoms with Crippen molar-refractivity contribution in [2.75, 3.05) is 19.0 Å². The van der Waals surface area contributed by atoms with Crippen molar-refractivity contribution in [3.63, 3.8) is 0 Å². The Morgan fingerprint density at radius 2 is 1.94 bits per heavy atom. The molecule has 0 amide bonds. The Labute approximate surface area is 101 Å². The molecule has 4 nitrogen and oxygen atoms in total. The van der Waals surface area contributed by atoms with Gasteiger partial charge in [-0.3, -0.25) is 0 Å². The van der Waals surface area contributed by atoms with E-state index in [2.05, 4.69) is 0 Å². The molecule has 1 aromatic rings. The van der Waals surface area contributed by atoms with Gasteiger partial charge in [-0.1, -0.05) is 19.1 Å². The van der Waals surface area contributed by atoms with Gasteiger partial charge in [0.05, 0.1) is 30.0 Å². The van der Waals surface area contributed by atoms with E-state index in [1.165, 1.54) is 0 Å². The summed E-state index contributed by atoms with van der Waals surface area (Å²) in [5.74, 6) is 0.217. The minimum absolute atomic E-state index is 0.0887. The van der Waals surface area contributed by atoms with Crippen molar-refractivity contribution in [3.8, 4) is 0 Å². The number of hydrogen-bond acceptors (Lipinski definition) is 4. The van der Waals surface area contributed by atoms with Crippen molar-refractivity contribution < 1.29 is 18.3 Å². The quantitative estimate of drug-likeness (QED) is 0.878. The zero-order valence-corrected chi connectivity index (χ0v) is 10.5. The van der Waals surface area contributed by atoms with Crippen molar-refractivity contribution in [2.45, 2.75) is 17.9 Å². The molecule has 0 spiro atoms. The third-order valence-electron chi connectivity index (χ3n) is 3.07. The number of hydrogen-bond donors (Lipinski definition) is 1. The molecule has 0 aliphatic carbocycles. The van der Waals surface area contributed by atoms with Gasteiger partial charge < -0.3 is 9.84 Å². The van der Waals surface area contributed by atoms with Crippen molar-refractivity contribution in [1.82, 2.24) is 0 Å². The molecule has 0 bridgehead atoms. The second-order valence-corrected chi connectivity index (χ2v) is 6.49. The van der Waals surface area contributed by atoms with Gasteiger partial charge in [0.1, 0.15) is 0 Å². The Kier molecular flexibility index (Phi) is 3.51. The number of sulfone groups is 1. The van der Waals surface area contributed by atoms with Crippen molar-refractivity contribution in [1.29, 1.82) is 0 Å². The summed E-state index contributed by atoms with van der Waals surface area (Å²) in [5.41, 5.74) is 0.744. The van der Waals surface area contributed by atoms with E-state index in [4.69, 9.17) is 4.74 Å². The molecule has 1 N–H and O–H groups in total. The van der Waals surface area contributed by atoms with E-state index in [1.54, 1.807) is 31.2 Å². The fourth-order valence-corrected chi connectivity index (χ4v) is 2.63. The highest BCUT2D eigenvalue weighted by Gasteiger charge is 2.28. The first-order valence-corrected chi connectivity index (χ1v) is 7.28. The second-order valence-electron chi connectivity index (χ2n) is 4.21. The molecule has 0 radical (unpaired) electrons. The third-order valence-corrected chi connectivity index (χ3v) is 4.82. The zero-order valence-electron chi connectivity index (χ0n) is 9.67. The van der Waals surface area contributed by atoms with Crippen LogP contribution in [0.25, 0.3) is 0 Å². The van der Waals surface area contributed by atoms with Crippen LogP contribution >= 0.6 is 0 Å². The molecular formula is C12H16O4S. The fraction of sp³-hybridized carbons (Fsp3) is 0.500. The van der Waals surface area contributed by atoms with Crippen LogP contribution in [0.15, 0.2) is 29.2 Å². The van der Waals surface area contributed by atoms with Crippen molar-refractivity contribution in [2.24, 2.45) is 5.92 Å². The Bertz CT molecular complexity index is 474. The topological polar surface area (TPSA) is 63.6 Å². The molecule has 17 heavy (non-hydrogen) atoms. The Morgan fingerprint density at radius 1 is 1.35 bits per heavy atom. The van der Waals surface area contributed by atoms with E-state index in [1.807, 2.05) is 0 Å². The Morgan fingerprint density at radius 3 is 2.35 bits per heavy atom. The Balaban J connectivity index is 2.18. The van der Waals surface area contributed by atoms with Gasteiger partial charge in [0.15, 0.2) is 9.84 Å². The predicted molar refractivity (Wildman–Crippen MR) is 63.4 cm³/mol. The molecule has 1 fully saturated rings. The second kappa shape index (κ2) is 4.76. The van der Waals surface area contributed by atoms with Crippen LogP contribution in [0.1, 0.15) is 18.6 Å². The summed E-state index contributed by atoms with van der Waals surface area (Å²) in [7, 11) is -3.16. The van der Waals surface area contributed by atoms with Gasteiger partial charge in [-0.05, 0) is 17.7 Å². The van der Waals surface area contributed by atoms with Gasteiger partial charge in [-0.25, -0.2) is 8.42 Å². The van der Waals surface area contributed by atoms with Crippen LogP contribution in [0.5, 0.6) is 0 Å². The van der Waals surface area contributed by atoms with Crippen LogP contribution in [-0.2, 0) is 14.6 Å². The van der Waals surface area contributed by atoms with Gasteiger partial charge in [-0.2, -0.15) is 0 Å². The normalized spacial score (nSPS) is 18.7. The summed E-state index contributed by atoms with van der Waals surface area (Å²) < 4.78 is 28.2. The largest absolute Gasteiger partial charge is 0.388 e. The van der Waals surface area contributed by atoms with Gasteiger partial charge in [-0.15, -0.1) is 0 Å². The van der Waals surface area contributed by atoms with E-state index in [-0.39, 0.29) is 11.7 Å². The maximum atomic E-state index is 11.6. The van der Waals surface area contributed by atoms with Crippen LogP contribution < -0.4 is 0 Å². The Hall–Kier alpha value is -0.910. The van der Waals surface area contributed by atoms with Crippen molar-refractivity contribution >= 4 is 9.84 Å². The van der Waals surface area contributed by atoms with Gasteiger partial charge >= 0.3 is 0 Å². The maximum absolute atomic E-state index is 11.6. The number of rotatable bonds is 4. The highest BCUT2D eigenvalue weighted by atomic mass is 32.2. The van der Waals surface area contributed by atoms with Gasteiger partial charge in [0.2, 0.25) is 0 Å². The molecule has 1 saturated heterocycles. The average Bonchev–Trinajstić information content (AvgIpc) is 2.27. The highest BCUT2D eigenvalue weighted by Crippen LogP contribution is 2.28. The molecule has 94 valence electrons. The average molecular weight is 256 g/mol. The van der Waals surface area contributed by atoms with Gasteiger partial charge in [0.25, 0.3) is 0 Å². The first-order valence-electron chi connectivity index (χ1n) is 5.63. The van der Waals surface area contributed by atoms with Crippen LogP contribution in [-0.4, -0.2) is 32.5 Å². The van der Waals surface area contributed by atoms with Gasteiger partial charge in [0, 0.05) is 5.92 Å². The number of aliphatic hydroxyl groups excluding tert-OH is 1. The molecule has 1 aliphatic heterocycles. The molecule has 1 aliphatic rings. The summed E-state index contributed by atoms with van der Waals surface area (Å²) in [5, 5.41) is 9.96. The summed E-state index contributed by atoms with van der Waals surface area (Å²) in [6.07, 6.45) is -0.567. The predicted octanol–water partition coefficient (Wildman–Crippen LogP) is 1.16. The fourth-order valence-electron chi connectivity index (χ4n) is 1.75. The maximum Gasteiger partial charge on any atom is 0.178 e. The lowest BCUT2D eigenvalue weighted by Crippen LogP contribution is -2.33. The van der Waals surface area contributed by atoms with E-state index in [0.717, 1.165) is 5.56 Å². The summed E-state index contributed by atoms with van der Waals surface area (Å²) in [6, 6.07) is 6.45. The number of ether oxygens (including phenoxy) is 1. The molecule has 5 heteroatoms. The molecule has 1 atom stereocenters. The van der Waals surface area contributed by atoms with Crippen LogP contribution in [0.3, 0.4) is 0 Å². The standard InChI is InChI=1S/C12H16O4S/c1-2-17(14,15)11-5-3-9(4-6-11)12(13)10-7-16-8-10/h3-6,10,12-13H,2,7-8H2,1H3. The monoisotopic (exact) mass is 256 g/mol. The highest BCUT2D eigenvalue weighted by molar-refractivity contribution is 7.91. The molecule has 0 aromatic heterocycles. The summed E-state index contributed by atoms with van der Waals surface area (Å²) in [4.78, 5) is 0.306. The minimum Gasteiger partial charge on any atom is -0.388 e. The lowest BCUT2D eigenvalue weighted by atomic mass is 9.94. The zero-order chi connectivity index (χ0) is 12.5. The first-order chi connectivity index (χ1) is 8.04. The number of aliphatic hydroxyl groups is 1. The number of benzene rings is 1. The summed E-state index contributed by atoms with van der Waals surface area (Å²) >= 11 is 0. The molecule has 0 saturated carbocycles. The lowest BCUT2D eigenvalue weighted by Gasteiger charge is -2.30. The molecule has 1 heterocycles. The summed E-state index contributed by atoms with van der Waals surface area (Å²) in [6.45, 7) is 2.75. The molecule has 1 aromatic carbocycles. The SMILES string of the molecule is CCS(=O)(=O)c1ccc(C(O)C2COC2)cc1. The van der Waals surface area contributed by atoms with E-state index < -0.39 is 15.9 Å². The lowest BCUT2D eigenvalue weighted by molar-refractivity contribution is -0.0924. The van der Waals surface area contributed by atoms with Crippen LogP contribution in [0.2, 0.25) is 0 Å². The molecule has 1 unspecified atom stereocenters. The van der Waals surface area contributed by atoms with Crippen LogP contribution in [0, 0.1) is 5.92 Å². The van der Waals surface area contributed by atoms with Crippen LogP contribution in [0.4, 0.5) is 0 Å². The molecular weight excluding hydrogens is 240 g/mol. The minimum atomic E-state index is -3.16. The first kappa shape index (κ1) is 12.5. The van der Waals surface area contributed by atoms with Crippen molar-refractivity contribution in [3.05, 3.63) is 29.8 Å². The smallest absolute Gasteiger partial charge is 0.178 e. The van der Waals surface area contributed by atoms with E-state index in [0.29, 0.717) is 18.1 Å². The molecule has 2 rings (SSSR count). The third kappa shape index (κ3) is 2.51.